The predicted octanol–water partition coefficient (Wildman–Crippen LogP) is 4.88. The van der Waals surface area contributed by atoms with Gasteiger partial charge in [0.1, 0.15) is 11.2 Å². The maximum Gasteiger partial charge on any atom is 0.420 e. The van der Waals surface area contributed by atoms with Gasteiger partial charge in [0.15, 0.2) is 0 Å². The molecule has 0 bridgehead atoms. The Balaban J connectivity index is 3.17. The average Bonchev–Trinajstić information content (AvgIpc) is 2.41. The molecule has 0 atom stereocenters. The van der Waals surface area contributed by atoms with Crippen LogP contribution in [0.1, 0.15) is 52.7 Å². The van der Waals surface area contributed by atoms with Gasteiger partial charge in [0.25, 0.3) is 0 Å². The number of carbonyl (C=O) groups is 2. The van der Waals surface area contributed by atoms with E-state index in [-0.39, 0.29) is 12.1 Å². The van der Waals surface area contributed by atoms with Gasteiger partial charge in [-0.2, -0.15) is 5.26 Å². The summed E-state index contributed by atoms with van der Waals surface area (Å²) in [6.45, 7) is 10.0. The Kier molecular flexibility index (Phi) is 6.44. The van der Waals surface area contributed by atoms with Crippen molar-refractivity contribution in [2.75, 3.05) is 0 Å². The third-order valence-electron chi connectivity index (χ3n) is 2.75. The number of amides is 2. The van der Waals surface area contributed by atoms with Crippen molar-refractivity contribution in [3.05, 3.63) is 34.3 Å². The fourth-order valence-electron chi connectivity index (χ4n) is 1.80. The molecule has 7 heteroatoms. The topological polar surface area (TPSA) is 79.6 Å². The molecule has 0 aromatic heterocycles. The Morgan fingerprint density at radius 1 is 1.08 bits per heavy atom. The van der Waals surface area contributed by atoms with Crippen LogP contribution in [0.15, 0.2) is 18.2 Å². The lowest BCUT2D eigenvalue weighted by molar-refractivity contribution is -0.000252. The third kappa shape index (κ3) is 7.02. The van der Waals surface area contributed by atoms with E-state index < -0.39 is 23.4 Å². The molecule has 0 aliphatic carbocycles. The summed E-state index contributed by atoms with van der Waals surface area (Å²) < 4.78 is 10.6. The van der Waals surface area contributed by atoms with Crippen LogP contribution in [0, 0.1) is 11.3 Å². The Labute approximate surface area is 153 Å². The van der Waals surface area contributed by atoms with Crippen molar-refractivity contribution in [2.24, 2.45) is 0 Å². The van der Waals surface area contributed by atoms with Crippen molar-refractivity contribution in [2.45, 2.75) is 59.3 Å². The zero-order valence-electron chi connectivity index (χ0n) is 15.3. The first-order valence-corrected chi connectivity index (χ1v) is 8.12. The molecule has 0 spiro atoms. The van der Waals surface area contributed by atoms with Crippen molar-refractivity contribution in [1.29, 1.82) is 5.26 Å². The lowest BCUT2D eigenvalue weighted by atomic mass is 10.1. The quantitative estimate of drug-likeness (QED) is 0.744. The second kappa shape index (κ2) is 7.75. The number of benzene rings is 1. The highest BCUT2D eigenvalue weighted by Gasteiger charge is 2.31. The first-order valence-electron chi connectivity index (χ1n) is 7.74. The van der Waals surface area contributed by atoms with E-state index in [1.807, 2.05) is 6.07 Å². The molecule has 1 rings (SSSR count). The molecule has 6 nitrogen and oxygen atoms in total. The van der Waals surface area contributed by atoms with E-state index in [2.05, 4.69) is 0 Å². The highest BCUT2D eigenvalue weighted by Crippen LogP contribution is 2.20. The van der Waals surface area contributed by atoms with Crippen molar-refractivity contribution in [1.82, 2.24) is 4.90 Å². The van der Waals surface area contributed by atoms with Gasteiger partial charge in [-0.3, -0.25) is 0 Å². The van der Waals surface area contributed by atoms with Crippen LogP contribution < -0.4 is 0 Å². The van der Waals surface area contributed by atoms with Gasteiger partial charge in [-0.05, 0) is 59.2 Å². The van der Waals surface area contributed by atoms with Crippen LogP contribution in [0.5, 0.6) is 0 Å². The number of hydrogen-bond donors (Lipinski definition) is 0. The summed E-state index contributed by atoms with van der Waals surface area (Å²) in [5.74, 6) is 0. The number of nitrogens with zero attached hydrogens (tertiary/aromatic N) is 2. The average molecular weight is 367 g/mol. The second-order valence-corrected chi connectivity index (χ2v) is 7.90. The van der Waals surface area contributed by atoms with E-state index in [4.69, 9.17) is 21.1 Å². The van der Waals surface area contributed by atoms with Gasteiger partial charge < -0.3 is 9.47 Å². The molecule has 0 N–H and O–H groups in total. The molecule has 0 saturated carbocycles. The fraction of sp³-hybridized carbons (Fsp3) is 0.500. The summed E-state index contributed by atoms with van der Waals surface area (Å²) in [5.41, 5.74) is -0.835. The maximum atomic E-state index is 12.5. The minimum absolute atomic E-state index is 0.163. The molecule has 0 unspecified atom stereocenters. The molecule has 0 fully saturated rings. The van der Waals surface area contributed by atoms with Crippen LogP contribution >= 0.6 is 11.6 Å². The molecule has 0 heterocycles. The number of nitriles is 1. The number of hydrogen-bond acceptors (Lipinski definition) is 5. The molecular formula is C18H23ClN2O4. The number of halogens is 1. The Morgan fingerprint density at radius 2 is 1.56 bits per heavy atom. The number of imide groups is 1. The Bertz CT molecular complexity index is 668. The van der Waals surface area contributed by atoms with E-state index >= 15 is 0 Å². The Morgan fingerprint density at radius 3 is 1.96 bits per heavy atom. The molecule has 1 aromatic rings. The van der Waals surface area contributed by atoms with E-state index in [0.29, 0.717) is 10.6 Å². The van der Waals surface area contributed by atoms with Crippen molar-refractivity contribution < 1.29 is 19.1 Å². The van der Waals surface area contributed by atoms with Crippen molar-refractivity contribution in [3.8, 4) is 6.07 Å². The van der Waals surface area contributed by atoms with Crippen molar-refractivity contribution >= 4 is 23.8 Å². The van der Waals surface area contributed by atoms with E-state index in [9.17, 15) is 14.9 Å². The van der Waals surface area contributed by atoms with Gasteiger partial charge in [-0.1, -0.05) is 17.7 Å². The lowest BCUT2D eigenvalue weighted by Gasteiger charge is -2.28. The minimum atomic E-state index is -0.847. The van der Waals surface area contributed by atoms with Gasteiger partial charge in [0.2, 0.25) is 0 Å². The number of carbonyl (C=O) groups excluding carboxylic acids is 2. The lowest BCUT2D eigenvalue weighted by Crippen LogP contribution is -2.43. The van der Waals surface area contributed by atoms with E-state index in [1.165, 1.54) is 6.07 Å². The van der Waals surface area contributed by atoms with Gasteiger partial charge in [-0.15, -0.1) is 0 Å². The van der Waals surface area contributed by atoms with Crippen LogP contribution in [-0.2, 0) is 16.0 Å². The van der Waals surface area contributed by atoms with Gasteiger partial charge >= 0.3 is 12.2 Å². The minimum Gasteiger partial charge on any atom is -0.443 e. The molecular weight excluding hydrogens is 344 g/mol. The highest BCUT2D eigenvalue weighted by molar-refractivity contribution is 6.30. The van der Waals surface area contributed by atoms with E-state index in [0.717, 1.165) is 4.90 Å². The van der Waals surface area contributed by atoms with Crippen LogP contribution in [-0.4, -0.2) is 28.3 Å². The van der Waals surface area contributed by atoms with E-state index in [1.54, 1.807) is 53.7 Å². The molecule has 0 aliphatic rings. The summed E-state index contributed by atoms with van der Waals surface area (Å²) in [5, 5.41) is 9.64. The first kappa shape index (κ1) is 20.8. The molecule has 0 radical (unpaired) electrons. The number of ether oxygens (including phenoxy) is 2. The summed E-state index contributed by atoms with van der Waals surface area (Å²) >= 11 is 5.88. The number of rotatable bonds is 2. The van der Waals surface area contributed by atoms with Crippen LogP contribution in [0.25, 0.3) is 0 Å². The molecule has 136 valence electrons. The third-order valence-corrected chi connectivity index (χ3v) is 2.98. The standard InChI is InChI=1S/C18H23ClN2O4/c1-17(2,3)24-15(22)21(16(23)25-18(4,5)6)11-12-7-8-14(19)9-13(12)10-20/h7-9H,11H2,1-6H3. The summed E-state index contributed by atoms with van der Waals surface area (Å²) in [4.78, 5) is 25.7. The smallest absolute Gasteiger partial charge is 0.420 e. The molecule has 2 amide bonds. The molecule has 0 aliphatic heterocycles. The molecule has 25 heavy (non-hydrogen) atoms. The zero-order chi connectivity index (χ0) is 19.4. The zero-order valence-corrected chi connectivity index (χ0v) is 16.1. The van der Waals surface area contributed by atoms with Crippen LogP contribution in [0.4, 0.5) is 9.59 Å². The predicted molar refractivity (Wildman–Crippen MR) is 94.2 cm³/mol. The summed E-state index contributed by atoms with van der Waals surface area (Å²) in [6, 6.07) is 6.64. The first-order chi connectivity index (χ1) is 11.3. The highest BCUT2D eigenvalue weighted by atomic mass is 35.5. The van der Waals surface area contributed by atoms with Gasteiger partial charge in [0.05, 0.1) is 18.2 Å². The monoisotopic (exact) mass is 366 g/mol. The SMILES string of the molecule is CC(C)(C)OC(=O)N(Cc1ccc(Cl)cc1C#N)C(=O)OC(C)(C)C. The van der Waals surface area contributed by atoms with Crippen LogP contribution in [0.2, 0.25) is 5.02 Å². The van der Waals surface area contributed by atoms with Crippen LogP contribution in [0.3, 0.4) is 0 Å². The van der Waals surface area contributed by atoms with Gasteiger partial charge in [0, 0.05) is 5.02 Å². The maximum absolute atomic E-state index is 12.5. The summed E-state index contributed by atoms with van der Waals surface area (Å²) in [6.07, 6.45) is -1.69. The van der Waals surface area contributed by atoms with Crippen molar-refractivity contribution in [3.63, 3.8) is 0 Å². The largest absolute Gasteiger partial charge is 0.443 e. The van der Waals surface area contributed by atoms with Gasteiger partial charge in [-0.25, -0.2) is 14.5 Å². The second-order valence-electron chi connectivity index (χ2n) is 7.46. The summed E-state index contributed by atoms with van der Waals surface area (Å²) in [7, 11) is 0. The molecule has 1 aromatic carbocycles. The fourth-order valence-corrected chi connectivity index (χ4v) is 1.97. The Hall–Kier alpha value is -2.26. The normalized spacial score (nSPS) is 11.4. The molecule has 0 saturated heterocycles.